The number of ether oxygens (including phenoxy) is 4. The van der Waals surface area contributed by atoms with Gasteiger partial charge < -0.3 is 55.3 Å². The molecule has 1 fully saturated rings. The Labute approximate surface area is 414 Å². The van der Waals surface area contributed by atoms with Crippen molar-refractivity contribution < 1.29 is 38.1 Å². The Morgan fingerprint density at radius 1 is 0.871 bits per heavy atom. The minimum Gasteiger partial charge on any atom is -0.379 e. The van der Waals surface area contributed by atoms with Gasteiger partial charge in [-0.25, -0.2) is 4.79 Å². The van der Waals surface area contributed by atoms with Crippen LogP contribution in [0.25, 0.3) is 11.3 Å². The predicted molar refractivity (Wildman–Crippen MR) is 272 cm³/mol. The van der Waals surface area contributed by atoms with Gasteiger partial charge in [0.15, 0.2) is 0 Å². The molecule has 3 aliphatic rings. The summed E-state index contributed by atoms with van der Waals surface area (Å²) in [6.07, 6.45) is 9.82. The largest absolute Gasteiger partial charge is 0.379 e. The van der Waals surface area contributed by atoms with Crippen LogP contribution in [0.1, 0.15) is 66.2 Å². The van der Waals surface area contributed by atoms with Crippen molar-refractivity contribution in [3.8, 4) is 11.3 Å². The number of aryl methyl sites for hydroxylation is 1. The summed E-state index contributed by atoms with van der Waals surface area (Å²) in [5.41, 5.74) is 11.1. The summed E-state index contributed by atoms with van der Waals surface area (Å²) in [7, 11) is 3.74. The summed E-state index contributed by atoms with van der Waals surface area (Å²) in [6, 6.07) is 17.4. The number of nitrogens with two attached hydrogens (primary N) is 1. The van der Waals surface area contributed by atoms with Gasteiger partial charge in [0.05, 0.1) is 70.0 Å². The van der Waals surface area contributed by atoms with E-state index < -0.39 is 11.3 Å². The third kappa shape index (κ3) is 15.2. The number of allylic oxidation sites excluding steroid dienone is 2. The number of likely N-dealkylation sites (N-methyl/N-ethyl adjacent to an activating group) is 2. The van der Waals surface area contributed by atoms with Crippen LogP contribution in [0, 0.1) is 0 Å². The first-order valence-corrected chi connectivity index (χ1v) is 24.9. The van der Waals surface area contributed by atoms with Gasteiger partial charge in [-0.3, -0.25) is 24.3 Å². The van der Waals surface area contributed by atoms with Crippen molar-refractivity contribution in [2.45, 2.75) is 51.0 Å². The first-order chi connectivity index (χ1) is 34.0. The van der Waals surface area contributed by atoms with E-state index in [0.29, 0.717) is 100 Å². The van der Waals surface area contributed by atoms with Gasteiger partial charge in [0.2, 0.25) is 11.8 Å². The van der Waals surface area contributed by atoms with Crippen LogP contribution in [0.3, 0.4) is 0 Å². The van der Waals surface area contributed by atoms with E-state index in [1.165, 1.54) is 5.56 Å². The molecule has 3 aromatic rings. The lowest BCUT2D eigenvalue weighted by atomic mass is 9.70. The fraction of sp³-hybridized carbons (Fsp3) is 0.528. The lowest BCUT2D eigenvalue weighted by Crippen LogP contribution is -2.44. The highest BCUT2D eigenvalue weighted by atomic mass is 16.5. The number of pyridine rings is 1. The van der Waals surface area contributed by atoms with Crippen molar-refractivity contribution in [3.63, 3.8) is 0 Å². The van der Waals surface area contributed by atoms with E-state index in [0.717, 1.165) is 76.5 Å². The molecule has 2 unspecified atom stereocenters. The van der Waals surface area contributed by atoms with E-state index in [4.69, 9.17) is 29.7 Å². The quantitative estimate of drug-likeness (QED) is 0.0802. The first-order valence-electron chi connectivity index (χ1n) is 24.9. The topological polar surface area (TPSA) is 193 Å². The number of anilines is 1. The standard InChI is InChI=1S/C53H75N9O8/c1-5-62(6-2)43-16-17-46(45(38-43)48-37-41(18-20-55-48)49(63)58-47-15-9-12-40-11-7-8-14-44(40)47)53(51(54)65)19-10-13-42(39-53)50(64)60(4)25-24-59(3)26-30-69-34-36-70-35-33-67-29-22-57-52(66)56-21-23-61-27-31-68-32-28-61/h7-8,10-11,13-14,16-20,37-38,47H,5-6,9,12,15,21-36,39H2,1-4H3,(H2,54,65)(H,58,63)(H2,56,57,66). The SMILES string of the molecule is CCN(CC)c1ccc(C2(C(N)=O)C=CC=C(C(=O)N(C)CCN(C)CCOCCOCCOCCNC(=O)NCCN3CCOCC3)C2)c(-c2cc(C(=O)NC3CCCc4ccccc43)ccn2)c1. The highest BCUT2D eigenvalue weighted by Gasteiger charge is 2.42. The molecule has 380 valence electrons. The van der Waals surface area contributed by atoms with E-state index in [2.05, 4.69) is 56.6 Å². The Morgan fingerprint density at radius 2 is 1.60 bits per heavy atom. The number of primary amides is 1. The molecule has 6 rings (SSSR count). The Morgan fingerprint density at radius 3 is 2.36 bits per heavy atom. The second-order valence-corrected chi connectivity index (χ2v) is 18.0. The zero-order valence-corrected chi connectivity index (χ0v) is 41.7. The predicted octanol–water partition coefficient (Wildman–Crippen LogP) is 4.08. The molecule has 2 heterocycles. The number of carbonyl (C=O) groups excluding carboxylic acids is 4. The van der Waals surface area contributed by atoms with Crippen LogP contribution < -0.4 is 26.6 Å². The Hall–Kier alpha value is -5.69. The van der Waals surface area contributed by atoms with E-state index in [1.807, 2.05) is 37.4 Å². The number of nitrogens with one attached hydrogen (secondary N) is 3. The number of hydrogen-bond acceptors (Lipinski definition) is 12. The number of nitrogens with zero attached hydrogens (tertiary/aromatic N) is 5. The molecule has 1 aliphatic heterocycles. The number of rotatable bonds is 27. The van der Waals surface area contributed by atoms with Gasteiger partial charge >= 0.3 is 6.03 Å². The molecule has 17 heteroatoms. The fourth-order valence-electron chi connectivity index (χ4n) is 9.16. The lowest BCUT2D eigenvalue weighted by Gasteiger charge is -2.34. The van der Waals surface area contributed by atoms with Crippen LogP contribution in [-0.2, 0) is 40.4 Å². The van der Waals surface area contributed by atoms with Crippen LogP contribution in [-0.4, -0.2) is 176 Å². The van der Waals surface area contributed by atoms with E-state index in [9.17, 15) is 19.2 Å². The molecule has 5 N–H and O–H groups in total. The van der Waals surface area contributed by atoms with E-state index in [-0.39, 0.29) is 30.3 Å². The van der Waals surface area contributed by atoms with Gasteiger partial charge in [-0.05, 0) is 87.5 Å². The van der Waals surface area contributed by atoms with Crippen LogP contribution in [0.2, 0.25) is 0 Å². The molecule has 5 amide bonds. The van der Waals surface area contributed by atoms with Crippen molar-refractivity contribution in [3.05, 3.63) is 107 Å². The number of urea groups is 1. The van der Waals surface area contributed by atoms with E-state index in [1.54, 1.807) is 48.5 Å². The van der Waals surface area contributed by atoms with Gasteiger partial charge in [0, 0.05) is 101 Å². The second-order valence-electron chi connectivity index (χ2n) is 18.0. The molecule has 2 aromatic carbocycles. The number of benzene rings is 2. The van der Waals surface area contributed by atoms with Crippen LogP contribution in [0.4, 0.5) is 10.5 Å². The minimum absolute atomic E-state index is 0.0606. The molecule has 0 saturated carbocycles. The molecule has 0 spiro atoms. The van der Waals surface area contributed by atoms with Crippen molar-refractivity contribution in [1.82, 2.24) is 35.6 Å². The number of hydrogen-bond donors (Lipinski definition) is 4. The molecule has 0 bridgehead atoms. The third-order valence-corrected chi connectivity index (χ3v) is 13.3. The highest BCUT2D eigenvalue weighted by Crippen LogP contribution is 2.42. The molecule has 2 aliphatic carbocycles. The zero-order chi connectivity index (χ0) is 49.7. The summed E-state index contributed by atoms with van der Waals surface area (Å²) in [4.78, 5) is 66.8. The molecule has 2 atom stereocenters. The second kappa shape index (κ2) is 27.6. The average Bonchev–Trinajstić information content (AvgIpc) is 3.38. The van der Waals surface area contributed by atoms with Crippen molar-refractivity contribution in [2.24, 2.45) is 5.73 Å². The molecule has 1 saturated heterocycles. The van der Waals surface area contributed by atoms with Crippen LogP contribution in [0.5, 0.6) is 0 Å². The maximum absolute atomic E-state index is 14.1. The molecular formula is C53H75N9O8. The van der Waals surface area contributed by atoms with Crippen molar-refractivity contribution in [1.29, 1.82) is 0 Å². The Kier molecular flexibility index (Phi) is 21.2. The summed E-state index contributed by atoms with van der Waals surface area (Å²) in [6.45, 7) is 15.1. The van der Waals surface area contributed by atoms with Crippen molar-refractivity contribution >= 4 is 29.4 Å². The smallest absolute Gasteiger partial charge is 0.314 e. The monoisotopic (exact) mass is 966 g/mol. The Balaban J connectivity index is 0.957. The van der Waals surface area contributed by atoms with Gasteiger partial charge in [-0.2, -0.15) is 0 Å². The molecule has 17 nitrogen and oxygen atoms in total. The summed E-state index contributed by atoms with van der Waals surface area (Å²) < 4.78 is 22.3. The van der Waals surface area contributed by atoms with E-state index >= 15 is 0 Å². The third-order valence-electron chi connectivity index (χ3n) is 13.3. The molecule has 70 heavy (non-hydrogen) atoms. The van der Waals surface area contributed by atoms with Crippen LogP contribution in [0.15, 0.2) is 84.6 Å². The van der Waals surface area contributed by atoms with Gasteiger partial charge in [-0.15, -0.1) is 0 Å². The molecule has 0 radical (unpaired) electrons. The maximum atomic E-state index is 14.1. The number of carbonyl (C=O) groups is 4. The zero-order valence-electron chi connectivity index (χ0n) is 41.7. The summed E-state index contributed by atoms with van der Waals surface area (Å²) in [5.74, 6) is -0.985. The number of morpholine rings is 1. The minimum atomic E-state index is -1.37. The van der Waals surface area contributed by atoms with Gasteiger partial charge in [0.25, 0.3) is 5.91 Å². The van der Waals surface area contributed by atoms with Gasteiger partial charge in [-0.1, -0.05) is 48.6 Å². The van der Waals surface area contributed by atoms with Gasteiger partial charge in [0.1, 0.15) is 0 Å². The summed E-state index contributed by atoms with van der Waals surface area (Å²) >= 11 is 0. The normalized spacial score (nSPS) is 17.9. The fourth-order valence-corrected chi connectivity index (χ4v) is 9.16. The lowest BCUT2D eigenvalue weighted by molar-refractivity contribution is -0.126. The first kappa shape index (κ1) is 53.7. The Bertz CT molecular complexity index is 2250. The highest BCUT2D eigenvalue weighted by molar-refractivity contribution is 6.00. The summed E-state index contributed by atoms with van der Waals surface area (Å²) in [5, 5.41) is 8.92. The van der Waals surface area contributed by atoms with Crippen molar-refractivity contribution in [2.75, 3.05) is 137 Å². The molecular weight excluding hydrogens is 891 g/mol. The molecule has 1 aromatic heterocycles. The maximum Gasteiger partial charge on any atom is 0.314 e. The average molecular weight is 966 g/mol. The number of fused-ring (bicyclic) bond motifs is 1. The number of aromatic nitrogens is 1. The number of amides is 5. The van der Waals surface area contributed by atoms with Crippen LogP contribution >= 0.6 is 0 Å².